The number of nitro groups is 1. The second kappa shape index (κ2) is 9.51. The quantitative estimate of drug-likeness (QED) is 0.490. The van der Waals surface area contributed by atoms with Gasteiger partial charge >= 0.3 is 0 Å². The lowest BCUT2D eigenvalue weighted by Crippen LogP contribution is -2.49. The van der Waals surface area contributed by atoms with Gasteiger partial charge in [-0.05, 0) is 25.0 Å². The first-order valence-corrected chi connectivity index (χ1v) is 11.7. The minimum atomic E-state index is -0.441. The summed E-state index contributed by atoms with van der Waals surface area (Å²) in [7, 11) is 1.86. The molecule has 0 aliphatic carbocycles. The maximum absolute atomic E-state index is 13.1. The summed E-state index contributed by atoms with van der Waals surface area (Å²) in [6.07, 6.45) is 3.68. The Balaban J connectivity index is 1.39. The number of carbonyl (C=O) groups is 1. The molecule has 0 unspecified atom stereocenters. The predicted molar refractivity (Wildman–Crippen MR) is 127 cm³/mol. The number of likely N-dealkylation sites (N-methyl/N-ethyl adjacent to an activating group) is 1. The number of rotatable bonds is 4. The topological polar surface area (TPSA) is 108 Å². The maximum Gasteiger partial charge on any atom is 0.269 e. The van der Waals surface area contributed by atoms with Crippen molar-refractivity contribution in [2.24, 2.45) is 0 Å². The van der Waals surface area contributed by atoms with Crippen LogP contribution in [-0.4, -0.2) is 84.7 Å². The van der Waals surface area contributed by atoms with Crippen LogP contribution in [0.15, 0.2) is 30.6 Å². The Bertz CT molecular complexity index is 1050. The number of non-ortho nitro benzene ring substituents is 1. The Kier molecular flexibility index (Phi) is 6.29. The molecule has 34 heavy (non-hydrogen) atoms. The molecule has 1 amide bonds. The van der Waals surface area contributed by atoms with Gasteiger partial charge in [0.1, 0.15) is 18.0 Å². The number of hydrogen-bond acceptors (Lipinski definition) is 9. The van der Waals surface area contributed by atoms with E-state index in [0.717, 1.165) is 69.4 Å². The van der Waals surface area contributed by atoms with Crippen LogP contribution >= 0.6 is 0 Å². The van der Waals surface area contributed by atoms with Gasteiger partial charge in [0.2, 0.25) is 5.91 Å². The monoisotopic (exact) mass is 467 g/mol. The van der Waals surface area contributed by atoms with Crippen LogP contribution in [0.5, 0.6) is 0 Å². The molecule has 1 aromatic heterocycles. The number of benzene rings is 1. The molecular weight excluding hydrogens is 438 g/mol. The van der Waals surface area contributed by atoms with E-state index in [1.807, 2.05) is 11.9 Å². The van der Waals surface area contributed by atoms with Gasteiger partial charge < -0.3 is 19.4 Å². The fourth-order valence-corrected chi connectivity index (χ4v) is 5.12. The highest BCUT2D eigenvalue weighted by Crippen LogP contribution is 2.33. The molecule has 0 atom stereocenters. The number of morpholine rings is 1. The van der Waals surface area contributed by atoms with Crippen LogP contribution in [0.1, 0.15) is 18.4 Å². The highest BCUT2D eigenvalue weighted by molar-refractivity contribution is 5.98. The summed E-state index contributed by atoms with van der Waals surface area (Å²) in [6, 6.07) is 6.66. The normalized spacial score (nSPS) is 20.3. The molecule has 0 saturated carbocycles. The molecule has 1 aromatic carbocycles. The molecule has 4 heterocycles. The van der Waals surface area contributed by atoms with Crippen LogP contribution in [0.3, 0.4) is 0 Å². The predicted octanol–water partition coefficient (Wildman–Crippen LogP) is 1.67. The zero-order chi connectivity index (χ0) is 23.7. The van der Waals surface area contributed by atoms with Gasteiger partial charge in [0.15, 0.2) is 0 Å². The van der Waals surface area contributed by atoms with E-state index in [1.165, 1.54) is 12.1 Å². The van der Waals surface area contributed by atoms with Crippen LogP contribution in [0.4, 0.5) is 23.0 Å². The van der Waals surface area contributed by atoms with Crippen LogP contribution in [0, 0.1) is 10.1 Å². The van der Waals surface area contributed by atoms with Gasteiger partial charge in [-0.15, -0.1) is 0 Å². The van der Waals surface area contributed by atoms with E-state index >= 15 is 0 Å². The van der Waals surface area contributed by atoms with Crippen molar-refractivity contribution in [3.8, 4) is 0 Å². The highest BCUT2D eigenvalue weighted by Gasteiger charge is 2.32. The standard InChI is InChI=1S/C23H29N7O4/c1-26-15-21(31)29(18-2-4-19(5-3-18)30(32)33)14-20-22(26)24-16-25-23(20)28-8-6-17(7-9-28)27-10-12-34-13-11-27/h2-5,16-17H,6-15H2,1H3. The van der Waals surface area contributed by atoms with E-state index in [2.05, 4.69) is 19.8 Å². The molecule has 2 fully saturated rings. The van der Waals surface area contributed by atoms with E-state index in [-0.39, 0.29) is 18.1 Å². The van der Waals surface area contributed by atoms with Crippen molar-refractivity contribution in [1.82, 2.24) is 14.9 Å². The Labute approximate surface area is 198 Å². The van der Waals surface area contributed by atoms with Gasteiger partial charge in [-0.1, -0.05) is 0 Å². The molecule has 11 nitrogen and oxygen atoms in total. The van der Waals surface area contributed by atoms with Crippen molar-refractivity contribution >= 4 is 28.9 Å². The van der Waals surface area contributed by atoms with E-state index in [9.17, 15) is 14.9 Å². The lowest BCUT2D eigenvalue weighted by Gasteiger charge is -2.41. The number of piperidine rings is 1. The van der Waals surface area contributed by atoms with Crippen molar-refractivity contribution in [2.75, 3.05) is 67.7 Å². The van der Waals surface area contributed by atoms with Gasteiger partial charge in [-0.25, -0.2) is 9.97 Å². The average Bonchev–Trinajstić information content (AvgIpc) is 3.00. The number of carbonyl (C=O) groups excluding carboxylic acids is 1. The van der Waals surface area contributed by atoms with Gasteiger partial charge in [0.05, 0.1) is 36.8 Å². The minimum absolute atomic E-state index is 0.00398. The summed E-state index contributed by atoms with van der Waals surface area (Å²) in [6.45, 7) is 5.85. The zero-order valence-electron chi connectivity index (χ0n) is 19.3. The van der Waals surface area contributed by atoms with Gasteiger partial charge in [0.25, 0.3) is 5.69 Å². The Morgan fingerprint density at radius 1 is 1.00 bits per heavy atom. The molecule has 5 rings (SSSR count). The van der Waals surface area contributed by atoms with E-state index in [4.69, 9.17) is 4.74 Å². The third-order valence-corrected chi connectivity index (χ3v) is 6.95. The van der Waals surface area contributed by atoms with Crippen molar-refractivity contribution in [3.63, 3.8) is 0 Å². The molecule has 3 aliphatic rings. The number of aromatic nitrogens is 2. The Hall–Kier alpha value is -3.31. The summed E-state index contributed by atoms with van der Waals surface area (Å²) in [4.78, 5) is 41.2. The minimum Gasteiger partial charge on any atom is -0.379 e. The highest BCUT2D eigenvalue weighted by atomic mass is 16.6. The number of ether oxygens (including phenoxy) is 1. The van der Waals surface area contributed by atoms with E-state index in [1.54, 1.807) is 23.4 Å². The van der Waals surface area contributed by atoms with Crippen molar-refractivity contribution in [1.29, 1.82) is 0 Å². The largest absolute Gasteiger partial charge is 0.379 e. The van der Waals surface area contributed by atoms with Crippen LogP contribution < -0.4 is 14.7 Å². The number of amides is 1. The number of hydrogen-bond donors (Lipinski definition) is 0. The van der Waals surface area contributed by atoms with Crippen molar-refractivity contribution in [2.45, 2.75) is 25.4 Å². The summed E-state index contributed by atoms with van der Waals surface area (Å²) in [5, 5.41) is 11.0. The average molecular weight is 468 g/mol. The van der Waals surface area contributed by atoms with Crippen LogP contribution in [-0.2, 0) is 16.1 Å². The van der Waals surface area contributed by atoms with Crippen molar-refractivity contribution < 1.29 is 14.5 Å². The van der Waals surface area contributed by atoms with Crippen LogP contribution in [0.2, 0.25) is 0 Å². The third-order valence-electron chi connectivity index (χ3n) is 6.95. The zero-order valence-corrected chi connectivity index (χ0v) is 19.3. The molecule has 3 aliphatic heterocycles. The summed E-state index contributed by atoms with van der Waals surface area (Å²) < 4.78 is 5.50. The number of nitrogens with zero attached hydrogens (tertiary/aromatic N) is 7. The SMILES string of the molecule is CN1CC(=O)N(c2ccc([N+](=O)[O-])cc2)Cc2c1ncnc2N1CCC(N2CCOCC2)CC1. The molecule has 0 N–H and O–H groups in total. The number of anilines is 3. The number of fused-ring (bicyclic) bond motifs is 1. The van der Waals surface area contributed by atoms with Gasteiger partial charge in [-0.3, -0.25) is 19.8 Å². The second-order valence-electron chi connectivity index (χ2n) is 8.98. The Morgan fingerprint density at radius 2 is 1.68 bits per heavy atom. The first kappa shape index (κ1) is 22.5. The molecular formula is C23H29N7O4. The first-order valence-electron chi connectivity index (χ1n) is 11.7. The fourth-order valence-electron chi connectivity index (χ4n) is 5.12. The lowest BCUT2D eigenvalue weighted by atomic mass is 10.0. The molecule has 180 valence electrons. The summed E-state index contributed by atoms with van der Waals surface area (Å²) in [5.41, 5.74) is 1.52. The molecule has 0 bridgehead atoms. The van der Waals surface area contributed by atoms with Gasteiger partial charge in [-0.2, -0.15) is 0 Å². The molecule has 11 heteroatoms. The maximum atomic E-state index is 13.1. The first-order chi connectivity index (χ1) is 16.5. The molecule has 2 aromatic rings. The number of nitro benzene ring substituents is 1. The van der Waals surface area contributed by atoms with Crippen molar-refractivity contribution in [3.05, 3.63) is 46.3 Å². The molecule has 0 spiro atoms. The Morgan fingerprint density at radius 3 is 2.35 bits per heavy atom. The van der Waals surface area contributed by atoms with Gasteiger partial charge in [0, 0.05) is 57.1 Å². The van der Waals surface area contributed by atoms with E-state index < -0.39 is 4.92 Å². The molecule has 2 saturated heterocycles. The molecule has 0 radical (unpaired) electrons. The second-order valence-corrected chi connectivity index (χ2v) is 8.98. The lowest BCUT2D eigenvalue weighted by molar-refractivity contribution is -0.384. The summed E-state index contributed by atoms with van der Waals surface area (Å²) in [5.74, 6) is 1.52. The third kappa shape index (κ3) is 4.40. The van der Waals surface area contributed by atoms with Crippen LogP contribution in [0.25, 0.3) is 0 Å². The summed E-state index contributed by atoms with van der Waals surface area (Å²) >= 11 is 0. The fraction of sp³-hybridized carbons (Fsp3) is 0.522. The van der Waals surface area contributed by atoms with E-state index in [0.29, 0.717) is 18.3 Å². The smallest absolute Gasteiger partial charge is 0.269 e.